The Morgan fingerprint density at radius 3 is 2.59 bits per heavy atom. The van der Waals surface area contributed by atoms with Crippen LogP contribution in [0.2, 0.25) is 0 Å². The molecule has 1 N–H and O–H groups in total. The maximum Gasteiger partial charge on any atom is 0.338 e. The molecule has 0 unspecified atom stereocenters. The van der Waals surface area contributed by atoms with Gasteiger partial charge in [0, 0.05) is 25.3 Å². The first kappa shape index (κ1) is 22.3. The summed E-state index contributed by atoms with van der Waals surface area (Å²) in [6.45, 7) is 1.62. The summed E-state index contributed by atoms with van der Waals surface area (Å²) in [5, 5.41) is 13.2. The Hall–Kier alpha value is -3.01. The summed E-state index contributed by atoms with van der Waals surface area (Å²) in [4.78, 5) is 37.0. The van der Waals surface area contributed by atoms with Crippen molar-refractivity contribution in [1.29, 1.82) is 0 Å². The van der Waals surface area contributed by atoms with Crippen molar-refractivity contribution in [1.82, 2.24) is 10.2 Å². The number of carbonyl (C=O) groups excluding carboxylic acids is 3. The molecule has 1 aromatic carbocycles. The number of halogens is 2. The third kappa shape index (κ3) is 5.50. The standard InChI is InChI=1S/C19H22F2N2O6/c1-11-16(18(26)29-9-8-28-2)17(12-5-6-13(20)14(21)10-12)22-19(27)23(11)7-3-4-15(24)25/h5-6,10,17H,3-4,7-9H2,1-2H3,(H,22,27)(H,24,25)/p-1/t17-/m0/s1. The van der Waals surface area contributed by atoms with Crippen molar-refractivity contribution in [2.75, 3.05) is 26.9 Å². The van der Waals surface area contributed by atoms with Crippen molar-refractivity contribution < 1.29 is 37.7 Å². The van der Waals surface area contributed by atoms with Gasteiger partial charge in [0.15, 0.2) is 11.6 Å². The van der Waals surface area contributed by atoms with Gasteiger partial charge in [-0.15, -0.1) is 0 Å². The number of hydrogen-bond donors (Lipinski definition) is 1. The number of carboxylic acid groups (broad SMARTS) is 1. The summed E-state index contributed by atoms with van der Waals surface area (Å²) in [5.74, 6) is -4.22. The molecule has 8 nitrogen and oxygen atoms in total. The molecule has 0 saturated carbocycles. The minimum Gasteiger partial charge on any atom is -0.550 e. The molecule has 0 fully saturated rings. The highest BCUT2D eigenvalue weighted by molar-refractivity contribution is 5.95. The average molecular weight is 411 g/mol. The Labute approximate surface area is 166 Å². The molecular formula is C19H21F2N2O6-. The molecule has 158 valence electrons. The number of nitrogens with zero attached hydrogens (tertiary/aromatic N) is 1. The van der Waals surface area contributed by atoms with Crippen LogP contribution in [-0.2, 0) is 19.1 Å². The number of allylic oxidation sites excluding steroid dienone is 1. The number of nitrogens with one attached hydrogen (secondary N) is 1. The van der Waals surface area contributed by atoms with Gasteiger partial charge in [-0.05, 0) is 37.5 Å². The Morgan fingerprint density at radius 1 is 1.24 bits per heavy atom. The molecule has 1 heterocycles. The predicted molar refractivity (Wildman–Crippen MR) is 94.1 cm³/mol. The number of rotatable bonds is 9. The predicted octanol–water partition coefficient (Wildman–Crippen LogP) is 1.02. The summed E-state index contributed by atoms with van der Waals surface area (Å²) in [6.07, 6.45) is -0.160. The lowest BCUT2D eigenvalue weighted by atomic mass is 9.94. The molecule has 2 amide bonds. The average Bonchev–Trinajstić information content (AvgIpc) is 2.66. The quantitative estimate of drug-likeness (QED) is 0.480. The molecule has 1 aromatic rings. The number of ether oxygens (including phenoxy) is 2. The highest BCUT2D eigenvalue weighted by atomic mass is 19.2. The highest BCUT2D eigenvalue weighted by Gasteiger charge is 2.36. The number of esters is 1. The van der Waals surface area contributed by atoms with E-state index in [-0.39, 0.29) is 49.4 Å². The van der Waals surface area contributed by atoms with Gasteiger partial charge in [0.2, 0.25) is 0 Å². The summed E-state index contributed by atoms with van der Waals surface area (Å²) in [6, 6.07) is 1.37. The van der Waals surface area contributed by atoms with Gasteiger partial charge >= 0.3 is 12.0 Å². The molecule has 0 radical (unpaired) electrons. The van der Waals surface area contributed by atoms with Gasteiger partial charge in [-0.25, -0.2) is 18.4 Å². The highest BCUT2D eigenvalue weighted by Crippen LogP contribution is 2.32. The van der Waals surface area contributed by atoms with E-state index in [1.54, 1.807) is 0 Å². The third-order valence-electron chi connectivity index (χ3n) is 4.38. The van der Waals surface area contributed by atoms with Gasteiger partial charge in [0.25, 0.3) is 0 Å². The third-order valence-corrected chi connectivity index (χ3v) is 4.38. The molecular weight excluding hydrogens is 390 g/mol. The van der Waals surface area contributed by atoms with Crippen LogP contribution in [0.15, 0.2) is 29.5 Å². The van der Waals surface area contributed by atoms with E-state index in [0.717, 1.165) is 12.1 Å². The van der Waals surface area contributed by atoms with Crippen LogP contribution in [-0.4, -0.2) is 49.7 Å². The molecule has 0 aliphatic carbocycles. The van der Waals surface area contributed by atoms with Crippen LogP contribution in [0, 0.1) is 11.6 Å². The van der Waals surface area contributed by atoms with Crippen LogP contribution in [0.5, 0.6) is 0 Å². The topological polar surface area (TPSA) is 108 Å². The van der Waals surface area contributed by atoms with Crippen LogP contribution < -0.4 is 10.4 Å². The summed E-state index contributed by atoms with van der Waals surface area (Å²) < 4.78 is 37.0. The number of amides is 2. The van der Waals surface area contributed by atoms with E-state index in [1.807, 2.05) is 0 Å². The molecule has 10 heteroatoms. The van der Waals surface area contributed by atoms with Gasteiger partial charge < -0.3 is 24.7 Å². The van der Waals surface area contributed by atoms with E-state index in [2.05, 4.69) is 5.32 Å². The van der Waals surface area contributed by atoms with Crippen LogP contribution in [0.1, 0.15) is 31.4 Å². The number of carboxylic acids is 1. The van der Waals surface area contributed by atoms with E-state index < -0.39 is 35.6 Å². The SMILES string of the molecule is COCCOC(=O)C1=C(C)N(CCCC(=O)[O-])C(=O)N[C@H]1c1ccc(F)c(F)c1. The summed E-state index contributed by atoms with van der Waals surface area (Å²) in [7, 11) is 1.43. The first-order valence-corrected chi connectivity index (χ1v) is 8.86. The van der Waals surface area contributed by atoms with Crippen LogP contribution in [0.3, 0.4) is 0 Å². The van der Waals surface area contributed by atoms with Gasteiger partial charge in [0.1, 0.15) is 6.61 Å². The largest absolute Gasteiger partial charge is 0.550 e. The molecule has 29 heavy (non-hydrogen) atoms. The molecule has 0 saturated heterocycles. The minimum absolute atomic E-state index is 0.0188. The van der Waals surface area contributed by atoms with Gasteiger partial charge in [-0.3, -0.25) is 4.90 Å². The van der Waals surface area contributed by atoms with Crippen molar-refractivity contribution in [2.45, 2.75) is 25.8 Å². The van der Waals surface area contributed by atoms with E-state index >= 15 is 0 Å². The zero-order chi connectivity index (χ0) is 21.6. The Morgan fingerprint density at radius 2 is 1.97 bits per heavy atom. The monoisotopic (exact) mass is 411 g/mol. The first-order chi connectivity index (χ1) is 13.8. The van der Waals surface area contributed by atoms with Gasteiger partial charge in [-0.2, -0.15) is 0 Å². The Bertz CT molecular complexity index is 827. The van der Waals surface area contributed by atoms with Crippen molar-refractivity contribution in [3.63, 3.8) is 0 Å². The number of carbonyl (C=O) groups is 3. The number of benzene rings is 1. The lowest BCUT2D eigenvalue weighted by Crippen LogP contribution is -2.48. The summed E-state index contributed by atoms with van der Waals surface area (Å²) >= 11 is 0. The lowest BCUT2D eigenvalue weighted by Gasteiger charge is -2.35. The van der Waals surface area contributed by atoms with Crippen molar-refractivity contribution in [3.05, 3.63) is 46.7 Å². The molecule has 1 atom stereocenters. The van der Waals surface area contributed by atoms with E-state index in [9.17, 15) is 28.3 Å². The van der Waals surface area contributed by atoms with Gasteiger partial charge in [-0.1, -0.05) is 6.07 Å². The molecule has 0 bridgehead atoms. The molecule has 1 aliphatic heterocycles. The molecule has 0 spiro atoms. The van der Waals surface area contributed by atoms with E-state index in [0.29, 0.717) is 0 Å². The fraction of sp³-hybridized carbons (Fsp3) is 0.421. The fourth-order valence-corrected chi connectivity index (χ4v) is 2.93. The molecule has 1 aliphatic rings. The normalized spacial score (nSPS) is 16.6. The fourth-order valence-electron chi connectivity index (χ4n) is 2.93. The second kappa shape index (κ2) is 9.97. The summed E-state index contributed by atoms with van der Waals surface area (Å²) in [5.41, 5.74) is 0.411. The number of aliphatic carboxylic acids is 1. The maximum absolute atomic E-state index is 13.7. The molecule has 2 rings (SSSR count). The smallest absolute Gasteiger partial charge is 0.338 e. The number of methoxy groups -OCH3 is 1. The van der Waals surface area contributed by atoms with Crippen molar-refractivity contribution in [2.24, 2.45) is 0 Å². The zero-order valence-corrected chi connectivity index (χ0v) is 16.0. The van der Waals surface area contributed by atoms with E-state index in [4.69, 9.17) is 9.47 Å². The second-order valence-electron chi connectivity index (χ2n) is 6.31. The van der Waals surface area contributed by atoms with Crippen molar-refractivity contribution in [3.8, 4) is 0 Å². The zero-order valence-electron chi connectivity index (χ0n) is 16.0. The minimum atomic E-state index is -1.26. The van der Waals surface area contributed by atoms with Crippen molar-refractivity contribution >= 4 is 18.0 Å². The first-order valence-electron chi connectivity index (χ1n) is 8.86. The Balaban J connectivity index is 2.39. The number of hydrogen-bond acceptors (Lipinski definition) is 6. The lowest BCUT2D eigenvalue weighted by molar-refractivity contribution is -0.305. The van der Waals surface area contributed by atoms with Crippen LogP contribution in [0.4, 0.5) is 13.6 Å². The van der Waals surface area contributed by atoms with E-state index in [1.165, 1.54) is 25.0 Å². The second-order valence-corrected chi connectivity index (χ2v) is 6.31. The number of urea groups is 1. The van der Waals surface area contributed by atoms with Crippen LogP contribution in [0.25, 0.3) is 0 Å². The maximum atomic E-state index is 13.7. The Kier molecular flexibility index (Phi) is 7.66. The van der Waals surface area contributed by atoms with Crippen LogP contribution >= 0.6 is 0 Å². The molecule has 0 aromatic heterocycles. The van der Waals surface area contributed by atoms with Gasteiger partial charge in [0.05, 0.1) is 18.2 Å².